The number of fused-ring (bicyclic) bond motifs is 1. The minimum Gasteiger partial charge on any atom is -0.497 e. The van der Waals surface area contributed by atoms with Crippen LogP contribution in [-0.2, 0) is 10.0 Å². The summed E-state index contributed by atoms with van der Waals surface area (Å²) in [5.41, 5.74) is 1.44. The van der Waals surface area contributed by atoms with Crippen molar-refractivity contribution in [3.05, 3.63) is 59.2 Å². The Labute approximate surface area is 163 Å². The van der Waals surface area contributed by atoms with Crippen molar-refractivity contribution < 1.29 is 22.7 Å². The van der Waals surface area contributed by atoms with Gasteiger partial charge >= 0.3 is 0 Å². The van der Waals surface area contributed by atoms with Crippen LogP contribution in [0.25, 0.3) is 0 Å². The van der Waals surface area contributed by atoms with Crippen LogP contribution in [0.1, 0.15) is 38.6 Å². The van der Waals surface area contributed by atoms with Gasteiger partial charge in [0, 0.05) is 20.1 Å². The van der Waals surface area contributed by atoms with E-state index in [2.05, 4.69) is 0 Å². The molecule has 1 saturated heterocycles. The predicted molar refractivity (Wildman–Crippen MR) is 102 cm³/mol. The smallest absolute Gasteiger partial charge is 0.261 e. The van der Waals surface area contributed by atoms with E-state index in [1.807, 2.05) is 24.3 Å². The lowest BCUT2D eigenvalue weighted by Gasteiger charge is -2.17. The standard InChI is InChI=1S/C20H20N2O5S/c1-21-19(23)17-8-7-16(11-18(17)20(21)24)28(25,26)22-10-9-14(12-22)13-3-5-15(27-2)6-4-13/h3-8,11,14H,9-10,12H2,1-2H3. The minimum atomic E-state index is -3.75. The number of sulfonamides is 1. The summed E-state index contributed by atoms with van der Waals surface area (Å²) in [6.07, 6.45) is 0.719. The third-order valence-electron chi connectivity index (χ3n) is 5.44. The molecule has 1 atom stereocenters. The molecular formula is C20H20N2O5S. The fourth-order valence-electron chi connectivity index (χ4n) is 3.74. The van der Waals surface area contributed by atoms with Gasteiger partial charge < -0.3 is 4.74 Å². The van der Waals surface area contributed by atoms with E-state index in [1.165, 1.54) is 29.6 Å². The molecule has 0 aromatic heterocycles. The Morgan fingerprint density at radius 2 is 1.68 bits per heavy atom. The van der Waals surface area contributed by atoms with Crippen LogP contribution >= 0.6 is 0 Å². The van der Waals surface area contributed by atoms with Crippen molar-refractivity contribution in [1.82, 2.24) is 9.21 Å². The van der Waals surface area contributed by atoms with Gasteiger partial charge in [0.2, 0.25) is 10.0 Å². The van der Waals surface area contributed by atoms with E-state index in [4.69, 9.17) is 4.74 Å². The first-order valence-corrected chi connectivity index (χ1v) is 10.4. The summed E-state index contributed by atoms with van der Waals surface area (Å²) < 4.78 is 32.8. The molecule has 0 spiro atoms. The second kappa shape index (κ2) is 6.72. The second-order valence-electron chi connectivity index (χ2n) is 7.00. The molecule has 2 aromatic rings. The highest BCUT2D eigenvalue weighted by molar-refractivity contribution is 7.89. The van der Waals surface area contributed by atoms with Crippen molar-refractivity contribution in [2.45, 2.75) is 17.2 Å². The molecule has 8 heteroatoms. The van der Waals surface area contributed by atoms with Crippen LogP contribution in [0, 0.1) is 0 Å². The average molecular weight is 400 g/mol. The normalized spacial score (nSPS) is 19.9. The molecule has 7 nitrogen and oxygen atoms in total. The summed E-state index contributed by atoms with van der Waals surface area (Å²) in [4.78, 5) is 25.2. The van der Waals surface area contributed by atoms with Crippen molar-refractivity contribution in [3.63, 3.8) is 0 Å². The number of carbonyl (C=O) groups is 2. The number of imide groups is 1. The summed E-state index contributed by atoms with van der Waals surface area (Å²) in [6, 6.07) is 11.8. The summed E-state index contributed by atoms with van der Waals surface area (Å²) in [5.74, 6) is -0.0303. The van der Waals surface area contributed by atoms with Crippen LogP contribution in [0.2, 0.25) is 0 Å². The van der Waals surface area contributed by atoms with Gasteiger partial charge in [0.25, 0.3) is 11.8 Å². The number of hydrogen-bond donors (Lipinski definition) is 0. The number of rotatable bonds is 4. The molecule has 2 aliphatic rings. The molecular weight excluding hydrogens is 380 g/mol. The third-order valence-corrected chi connectivity index (χ3v) is 7.30. The van der Waals surface area contributed by atoms with Crippen LogP contribution in [0.3, 0.4) is 0 Å². The minimum absolute atomic E-state index is 0.0399. The zero-order valence-electron chi connectivity index (χ0n) is 15.6. The number of amides is 2. The first kappa shape index (κ1) is 18.6. The van der Waals surface area contributed by atoms with Gasteiger partial charge in [-0.3, -0.25) is 14.5 Å². The van der Waals surface area contributed by atoms with Crippen molar-refractivity contribution >= 4 is 21.8 Å². The fourth-order valence-corrected chi connectivity index (χ4v) is 5.27. The van der Waals surface area contributed by atoms with Gasteiger partial charge in [0.1, 0.15) is 5.75 Å². The maximum atomic E-state index is 13.1. The number of hydrogen-bond acceptors (Lipinski definition) is 5. The van der Waals surface area contributed by atoms with E-state index in [0.717, 1.165) is 22.6 Å². The Morgan fingerprint density at radius 1 is 1.00 bits per heavy atom. The van der Waals surface area contributed by atoms with Crippen molar-refractivity contribution in [3.8, 4) is 5.75 Å². The zero-order valence-corrected chi connectivity index (χ0v) is 16.4. The maximum absolute atomic E-state index is 13.1. The molecule has 1 fully saturated rings. The van der Waals surface area contributed by atoms with E-state index in [1.54, 1.807) is 7.11 Å². The SMILES string of the molecule is COc1ccc(C2CCN(S(=O)(=O)c3ccc4c(c3)C(=O)N(C)C4=O)C2)cc1. The average Bonchev–Trinajstić information content (AvgIpc) is 3.29. The molecule has 0 bridgehead atoms. The molecule has 2 heterocycles. The Balaban J connectivity index is 1.58. The monoisotopic (exact) mass is 400 g/mol. The molecule has 2 aromatic carbocycles. The number of nitrogens with zero attached hydrogens (tertiary/aromatic N) is 2. The van der Waals surface area contributed by atoms with Gasteiger partial charge in [-0.05, 0) is 48.2 Å². The van der Waals surface area contributed by atoms with Gasteiger partial charge in [-0.15, -0.1) is 0 Å². The number of carbonyl (C=O) groups excluding carboxylic acids is 2. The first-order chi connectivity index (χ1) is 13.3. The largest absolute Gasteiger partial charge is 0.497 e. The Morgan fingerprint density at radius 3 is 2.36 bits per heavy atom. The summed E-state index contributed by atoms with van der Waals surface area (Å²) in [6.45, 7) is 0.779. The highest BCUT2D eigenvalue weighted by atomic mass is 32.2. The van der Waals surface area contributed by atoms with E-state index in [9.17, 15) is 18.0 Å². The second-order valence-corrected chi connectivity index (χ2v) is 8.94. The van der Waals surface area contributed by atoms with E-state index in [0.29, 0.717) is 13.1 Å². The lowest BCUT2D eigenvalue weighted by atomic mass is 9.99. The third kappa shape index (κ3) is 2.89. The van der Waals surface area contributed by atoms with E-state index in [-0.39, 0.29) is 21.9 Å². The van der Waals surface area contributed by atoms with Crippen molar-refractivity contribution in [2.75, 3.05) is 27.2 Å². The lowest BCUT2D eigenvalue weighted by Crippen LogP contribution is -2.29. The first-order valence-electron chi connectivity index (χ1n) is 8.93. The lowest BCUT2D eigenvalue weighted by molar-refractivity contribution is 0.0693. The quantitative estimate of drug-likeness (QED) is 0.734. The van der Waals surface area contributed by atoms with Crippen molar-refractivity contribution in [2.24, 2.45) is 0 Å². The summed E-state index contributed by atoms with van der Waals surface area (Å²) >= 11 is 0. The van der Waals surface area contributed by atoms with Gasteiger partial charge in [-0.2, -0.15) is 4.31 Å². The molecule has 0 radical (unpaired) electrons. The molecule has 0 aliphatic carbocycles. The molecule has 146 valence electrons. The Kier molecular flexibility index (Phi) is 4.47. The molecule has 0 N–H and O–H groups in total. The number of ether oxygens (including phenoxy) is 1. The van der Waals surface area contributed by atoms with Crippen LogP contribution in [0.5, 0.6) is 5.75 Å². The molecule has 2 aliphatic heterocycles. The summed E-state index contributed by atoms with van der Waals surface area (Å²) in [5, 5.41) is 0. The maximum Gasteiger partial charge on any atom is 0.261 e. The molecule has 1 unspecified atom stereocenters. The summed E-state index contributed by atoms with van der Waals surface area (Å²) in [7, 11) is -0.755. The van der Waals surface area contributed by atoms with Gasteiger partial charge in [-0.25, -0.2) is 8.42 Å². The highest BCUT2D eigenvalue weighted by Crippen LogP contribution is 2.33. The van der Waals surface area contributed by atoms with E-state index >= 15 is 0 Å². The van der Waals surface area contributed by atoms with E-state index < -0.39 is 21.8 Å². The highest BCUT2D eigenvalue weighted by Gasteiger charge is 2.37. The fraction of sp³-hybridized carbons (Fsp3) is 0.300. The van der Waals surface area contributed by atoms with Crippen LogP contribution in [0.15, 0.2) is 47.4 Å². The molecule has 0 saturated carbocycles. The van der Waals surface area contributed by atoms with Crippen LogP contribution in [-0.4, -0.2) is 56.7 Å². The Hall–Kier alpha value is -2.71. The van der Waals surface area contributed by atoms with Crippen molar-refractivity contribution in [1.29, 1.82) is 0 Å². The molecule has 4 rings (SSSR count). The number of benzene rings is 2. The van der Waals surface area contributed by atoms with Crippen LogP contribution in [0.4, 0.5) is 0 Å². The van der Waals surface area contributed by atoms with Gasteiger partial charge in [-0.1, -0.05) is 12.1 Å². The molecule has 28 heavy (non-hydrogen) atoms. The Bertz CT molecular complexity index is 1060. The van der Waals surface area contributed by atoms with Gasteiger partial charge in [0.05, 0.1) is 23.1 Å². The zero-order chi connectivity index (χ0) is 20.1. The van der Waals surface area contributed by atoms with Crippen LogP contribution < -0.4 is 4.74 Å². The molecule has 2 amide bonds. The number of methoxy groups -OCH3 is 1. The predicted octanol–water partition coefficient (Wildman–Crippen LogP) is 2.10. The van der Waals surface area contributed by atoms with Gasteiger partial charge in [0.15, 0.2) is 0 Å². The topological polar surface area (TPSA) is 84.0 Å².